The monoisotopic (exact) mass is 419 g/mol. The van der Waals surface area contributed by atoms with Gasteiger partial charge in [0.2, 0.25) is 5.91 Å². The first kappa shape index (κ1) is 22.7. The zero-order valence-electron chi connectivity index (χ0n) is 15.6. The number of hydrogen-bond donors (Lipinski definition) is 1. The molecule has 1 saturated heterocycles. The molecule has 2 N–H and O–H groups in total. The number of carbonyl (C=O) groups is 1. The minimum Gasteiger partial charge on any atom is -0.355 e. The van der Waals surface area contributed by atoms with Crippen molar-refractivity contribution in [3.8, 4) is 0 Å². The summed E-state index contributed by atoms with van der Waals surface area (Å²) in [5.41, 5.74) is 6.42. The molecule has 1 aliphatic heterocycles. The topological polar surface area (TPSA) is 74.3 Å². The molecule has 1 heterocycles. The van der Waals surface area contributed by atoms with Crippen LogP contribution in [0.4, 0.5) is 22.0 Å². The Kier molecular flexibility index (Phi) is 7.66. The molecule has 0 aromatic heterocycles. The fourth-order valence-electron chi connectivity index (χ4n) is 3.01. The fraction of sp³-hybridized carbons (Fsp3) is 0.500. The van der Waals surface area contributed by atoms with E-state index in [4.69, 9.17) is 5.73 Å². The highest BCUT2D eigenvalue weighted by Gasteiger charge is 2.31. The number of alkyl halides is 3. The molecule has 2 rings (SSSR count). The zero-order valence-corrected chi connectivity index (χ0v) is 15.6. The van der Waals surface area contributed by atoms with E-state index in [2.05, 4.69) is 16.9 Å². The van der Waals surface area contributed by atoms with Gasteiger partial charge in [0.15, 0.2) is 11.6 Å². The lowest BCUT2D eigenvalue weighted by atomic mass is 10.0. The Morgan fingerprint density at radius 3 is 2.59 bits per heavy atom. The number of carbonyl (C=O) groups excluding carboxylic acids is 1. The first-order valence-corrected chi connectivity index (χ1v) is 8.90. The number of halogens is 5. The lowest BCUT2D eigenvalue weighted by Crippen LogP contribution is -2.53. The van der Waals surface area contributed by atoms with Crippen molar-refractivity contribution in [2.75, 3.05) is 26.2 Å². The van der Waals surface area contributed by atoms with E-state index in [1.54, 1.807) is 0 Å². The molecule has 1 amide bonds. The van der Waals surface area contributed by atoms with Gasteiger partial charge in [-0.2, -0.15) is 18.3 Å². The predicted octanol–water partition coefficient (Wildman–Crippen LogP) is 2.34. The van der Waals surface area contributed by atoms with E-state index in [0.717, 1.165) is 12.1 Å². The van der Waals surface area contributed by atoms with E-state index in [1.165, 1.54) is 15.9 Å². The summed E-state index contributed by atoms with van der Waals surface area (Å²) in [7, 11) is 0. The first-order chi connectivity index (χ1) is 13.6. The van der Waals surface area contributed by atoms with Gasteiger partial charge in [0.25, 0.3) is 0 Å². The van der Waals surface area contributed by atoms with Crippen LogP contribution in [0.5, 0.6) is 0 Å². The molecule has 1 aliphatic rings. The summed E-state index contributed by atoms with van der Waals surface area (Å²) in [5, 5.41) is 7.12. The molecule has 0 spiro atoms. The van der Waals surface area contributed by atoms with Crippen LogP contribution in [0.1, 0.15) is 18.4 Å². The molecule has 0 unspecified atom stereocenters. The third-order valence-corrected chi connectivity index (χ3v) is 4.46. The molecular formula is C18H22F5N5O. The summed E-state index contributed by atoms with van der Waals surface area (Å²) in [6.07, 6.45) is -5.19. The minimum absolute atomic E-state index is 0.00634. The Hall–Kier alpha value is -2.56. The highest BCUT2D eigenvalue weighted by molar-refractivity contribution is 5.89. The second-order valence-corrected chi connectivity index (χ2v) is 6.74. The van der Waals surface area contributed by atoms with Gasteiger partial charge in [-0.25, -0.2) is 8.78 Å². The Morgan fingerprint density at radius 1 is 1.24 bits per heavy atom. The van der Waals surface area contributed by atoms with Crippen LogP contribution in [-0.4, -0.2) is 66.7 Å². The summed E-state index contributed by atoms with van der Waals surface area (Å²) in [5.74, 6) is -2.05. The van der Waals surface area contributed by atoms with E-state index in [9.17, 15) is 26.7 Å². The molecule has 160 valence electrons. The van der Waals surface area contributed by atoms with Gasteiger partial charge in [-0.3, -0.25) is 4.79 Å². The maximum absolute atomic E-state index is 13.3. The van der Waals surface area contributed by atoms with Gasteiger partial charge >= 0.3 is 6.18 Å². The van der Waals surface area contributed by atoms with Gasteiger partial charge in [-0.15, -0.1) is 5.10 Å². The predicted molar refractivity (Wildman–Crippen MR) is 98.5 cm³/mol. The van der Waals surface area contributed by atoms with Crippen molar-refractivity contribution < 1.29 is 26.7 Å². The van der Waals surface area contributed by atoms with Crippen molar-refractivity contribution in [1.82, 2.24) is 9.80 Å². The molecule has 1 atom stereocenters. The summed E-state index contributed by atoms with van der Waals surface area (Å²) in [6, 6.07) is 2.78. The summed E-state index contributed by atoms with van der Waals surface area (Å²) >= 11 is 0. The Bertz CT molecular complexity index is 767. The number of piperazine rings is 1. The van der Waals surface area contributed by atoms with E-state index >= 15 is 0 Å². The molecule has 0 aliphatic carbocycles. The largest absolute Gasteiger partial charge is 0.390 e. The Labute approximate surface area is 164 Å². The normalized spacial score (nSPS) is 17.5. The number of benzene rings is 1. The lowest BCUT2D eigenvalue weighted by Gasteiger charge is -2.37. The molecule has 1 aromatic carbocycles. The van der Waals surface area contributed by atoms with Gasteiger partial charge in [-0.1, -0.05) is 6.07 Å². The summed E-state index contributed by atoms with van der Waals surface area (Å²) < 4.78 is 63.7. The Balaban J connectivity index is 1.92. The van der Waals surface area contributed by atoms with Crippen molar-refractivity contribution in [3.63, 3.8) is 0 Å². The van der Waals surface area contributed by atoms with Crippen LogP contribution in [0, 0.1) is 11.6 Å². The number of amidine groups is 1. The molecule has 0 radical (unpaired) electrons. The van der Waals surface area contributed by atoms with Crippen LogP contribution in [0.25, 0.3) is 0 Å². The van der Waals surface area contributed by atoms with Crippen LogP contribution in [0.15, 0.2) is 28.4 Å². The average Bonchev–Trinajstić information content (AvgIpc) is 2.63. The first-order valence-electron chi connectivity index (χ1n) is 8.90. The van der Waals surface area contributed by atoms with E-state index in [1.807, 2.05) is 0 Å². The van der Waals surface area contributed by atoms with Crippen molar-refractivity contribution >= 4 is 18.5 Å². The van der Waals surface area contributed by atoms with Crippen molar-refractivity contribution in [1.29, 1.82) is 0 Å². The molecule has 1 fully saturated rings. The van der Waals surface area contributed by atoms with Crippen LogP contribution in [-0.2, 0) is 11.2 Å². The zero-order chi connectivity index (χ0) is 21.6. The maximum Gasteiger partial charge on any atom is 0.390 e. The highest BCUT2D eigenvalue weighted by atomic mass is 19.4. The second-order valence-electron chi connectivity index (χ2n) is 6.74. The standard InChI is InChI=1S/C18H22F5N5O/c1-25-26-16-11-28(7-6-27(16)5-4-18(21,22)23)17(29)10-13(24)8-12-2-3-14(19)15(20)9-12/h2-3,9,13H,1,4-8,10-11,24H2/b26-16-/t13-/m1/s1. The second kappa shape index (κ2) is 9.77. The maximum atomic E-state index is 13.3. The van der Waals surface area contributed by atoms with Crippen LogP contribution in [0.3, 0.4) is 0 Å². The third-order valence-electron chi connectivity index (χ3n) is 4.46. The molecular weight excluding hydrogens is 397 g/mol. The van der Waals surface area contributed by atoms with Gasteiger partial charge in [0, 0.05) is 38.8 Å². The van der Waals surface area contributed by atoms with E-state index in [0.29, 0.717) is 5.56 Å². The Morgan fingerprint density at radius 2 is 1.97 bits per heavy atom. The molecule has 6 nitrogen and oxygen atoms in total. The molecule has 1 aromatic rings. The number of amides is 1. The van der Waals surface area contributed by atoms with E-state index < -0.39 is 30.3 Å². The minimum atomic E-state index is -4.30. The van der Waals surface area contributed by atoms with Crippen LogP contribution >= 0.6 is 0 Å². The summed E-state index contributed by atoms with van der Waals surface area (Å²) in [4.78, 5) is 15.4. The number of nitrogens with zero attached hydrogens (tertiary/aromatic N) is 4. The molecule has 11 heteroatoms. The molecule has 0 saturated carbocycles. The average molecular weight is 419 g/mol. The number of rotatable bonds is 7. The van der Waals surface area contributed by atoms with Gasteiger partial charge < -0.3 is 15.5 Å². The SMILES string of the molecule is C=N/N=C1/CN(C(=O)C[C@H](N)Cc2ccc(F)c(F)c2)CCN1CCC(F)(F)F. The van der Waals surface area contributed by atoms with Crippen LogP contribution in [0.2, 0.25) is 0 Å². The number of hydrogen-bond acceptors (Lipinski definition) is 4. The third kappa shape index (κ3) is 7.08. The highest BCUT2D eigenvalue weighted by Crippen LogP contribution is 2.21. The quantitative estimate of drug-likeness (QED) is 0.419. The molecule has 0 bridgehead atoms. The number of nitrogens with two attached hydrogens (primary N) is 1. The summed E-state index contributed by atoms with van der Waals surface area (Å²) in [6.45, 7) is 3.31. The van der Waals surface area contributed by atoms with E-state index in [-0.39, 0.29) is 50.8 Å². The smallest absolute Gasteiger partial charge is 0.355 e. The van der Waals surface area contributed by atoms with Crippen LogP contribution < -0.4 is 5.73 Å². The lowest BCUT2D eigenvalue weighted by molar-refractivity contribution is -0.138. The molecule has 29 heavy (non-hydrogen) atoms. The van der Waals surface area contributed by atoms with Crippen molar-refractivity contribution in [2.24, 2.45) is 15.9 Å². The van der Waals surface area contributed by atoms with Gasteiger partial charge in [-0.05, 0) is 24.1 Å². The van der Waals surface area contributed by atoms with Crippen molar-refractivity contribution in [3.05, 3.63) is 35.4 Å². The fourth-order valence-corrected chi connectivity index (χ4v) is 3.01. The van der Waals surface area contributed by atoms with Crippen molar-refractivity contribution in [2.45, 2.75) is 31.5 Å². The van der Waals surface area contributed by atoms with Gasteiger partial charge in [0.05, 0.1) is 13.0 Å². The van der Waals surface area contributed by atoms with Gasteiger partial charge in [0.1, 0.15) is 5.84 Å².